The Hall–Kier alpha value is -4.53. The number of amides is 2. The summed E-state index contributed by atoms with van der Waals surface area (Å²) in [5.74, 6) is 0.648. The Bertz CT molecular complexity index is 1650. The minimum absolute atomic E-state index is 0.0430. The van der Waals surface area contributed by atoms with Crippen molar-refractivity contribution >= 4 is 46.6 Å². The smallest absolute Gasteiger partial charge is 0.257 e. The summed E-state index contributed by atoms with van der Waals surface area (Å²) < 4.78 is 6.13. The van der Waals surface area contributed by atoms with Crippen LogP contribution in [-0.2, 0) is 4.79 Å². The molecule has 0 radical (unpaired) electrons. The summed E-state index contributed by atoms with van der Waals surface area (Å²) in [6.07, 6.45) is 0. The number of anilines is 2. The van der Waals surface area contributed by atoms with E-state index in [0.717, 1.165) is 22.5 Å². The normalized spacial score (nSPS) is 13.1. The molecule has 1 N–H and O–H groups in total. The zero-order valence-electron chi connectivity index (χ0n) is 23.3. The van der Waals surface area contributed by atoms with E-state index in [9.17, 15) is 9.59 Å². The molecule has 0 aliphatic carbocycles. The minimum atomic E-state index is -0.148. The molecular formula is C34H29ClN4O3S. The van der Waals surface area contributed by atoms with Crippen LogP contribution in [-0.4, -0.2) is 53.6 Å². The summed E-state index contributed by atoms with van der Waals surface area (Å²) in [6, 6.07) is 34.6. The fraction of sp³-hybridized carbons (Fsp3) is 0.147. The van der Waals surface area contributed by atoms with E-state index in [1.807, 2.05) is 102 Å². The highest BCUT2D eigenvalue weighted by Gasteiger charge is 2.24. The highest BCUT2D eigenvalue weighted by Crippen LogP contribution is 2.35. The molecule has 0 atom stereocenters. The zero-order chi connectivity index (χ0) is 29.6. The number of hydrogen-bond acceptors (Lipinski definition) is 6. The third-order valence-electron chi connectivity index (χ3n) is 7.20. The quantitative estimate of drug-likeness (QED) is 0.186. The van der Waals surface area contributed by atoms with Crippen molar-refractivity contribution in [1.29, 1.82) is 0 Å². The molecule has 1 aliphatic heterocycles. The van der Waals surface area contributed by atoms with E-state index in [1.165, 1.54) is 11.8 Å². The van der Waals surface area contributed by atoms with Crippen molar-refractivity contribution in [3.63, 3.8) is 0 Å². The molecule has 2 heterocycles. The molecule has 0 saturated carbocycles. The summed E-state index contributed by atoms with van der Waals surface area (Å²) in [7, 11) is 0. The molecule has 0 unspecified atom stereocenters. The van der Waals surface area contributed by atoms with Crippen LogP contribution in [0.15, 0.2) is 119 Å². The largest absolute Gasteiger partial charge is 0.431 e. The van der Waals surface area contributed by atoms with Crippen molar-refractivity contribution < 1.29 is 14.0 Å². The Balaban J connectivity index is 1.04. The lowest BCUT2D eigenvalue weighted by Crippen LogP contribution is -2.48. The third kappa shape index (κ3) is 6.77. The molecule has 9 heteroatoms. The Morgan fingerprint density at radius 3 is 2.09 bits per heavy atom. The molecule has 2 amide bonds. The van der Waals surface area contributed by atoms with Crippen molar-refractivity contribution in [2.24, 2.45) is 0 Å². The van der Waals surface area contributed by atoms with Gasteiger partial charge in [0.2, 0.25) is 5.91 Å². The van der Waals surface area contributed by atoms with Gasteiger partial charge >= 0.3 is 0 Å². The van der Waals surface area contributed by atoms with Gasteiger partial charge in [-0.15, -0.1) is 0 Å². The van der Waals surface area contributed by atoms with Crippen LogP contribution in [0.5, 0.6) is 0 Å². The lowest BCUT2D eigenvalue weighted by molar-refractivity contribution is -0.113. The Labute approximate surface area is 259 Å². The van der Waals surface area contributed by atoms with E-state index in [1.54, 1.807) is 12.1 Å². The van der Waals surface area contributed by atoms with Gasteiger partial charge < -0.3 is 19.5 Å². The third-order valence-corrected chi connectivity index (χ3v) is 8.36. The lowest BCUT2D eigenvalue weighted by atomic mass is 10.1. The molecule has 1 saturated heterocycles. The number of aromatic nitrogens is 1. The molecule has 43 heavy (non-hydrogen) atoms. The first kappa shape index (κ1) is 28.6. The molecule has 1 aromatic heterocycles. The molecule has 6 rings (SSSR count). The van der Waals surface area contributed by atoms with E-state index in [-0.39, 0.29) is 17.6 Å². The maximum absolute atomic E-state index is 12.9. The molecule has 0 bridgehead atoms. The fourth-order valence-electron chi connectivity index (χ4n) is 4.99. The van der Waals surface area contributed by atoms with E-state index in [4.69, 9.17) is 21.0 Å². The van der Waals surface area contributed by atoms with Gasteiger partial charge in [-0.05, 0) is 36.4 Å². The minimum Gasteiger partial charge on any atom is -0.431 e. The number of thioether (sulfide) groups is 1. The molecule has 0 spiro atoms. The first-order chi connectivity index (χ1) is 21.0. The SMILES string of the molecule is O=C(CSc1nc(-c2ccccc2)c(-c2ccccc2)o1)Nc1ccc(N2CCN(C(=O)c3ccccc3Cl)CC2)cc1. The maximum atomic E-state index is 12.9. The van der Waals surface area contributed by atoms with Gasteiger partial charge in [0.15, 0.2) is 5.76 Å². The van der Waals surface area contributed by atoms with E-state index in [0.29, 0.717) is 53.4 Å². The second-order valence-corrected chi connectivity index (χ2v) is 11.4. The van der Waals surface area contributed by atoms with Crippen LogP contribution in [0.4, 0.5) is 11.4 Å². The van der Waals surface area contributed by atoms with Crippen LogP contribution in [0.3, 0.4) is 0 Å². The topological polar surface area (TPSA) is 78.7 Å². The van der Waals surface area contributed by atoms with Gasteiger partial charge in [0.25, 0.3) is 11.1 Å². The maximum Gasteiger partial charge on any atom is 0.257 e. The lowest BCUT2D eigenvalue weighted by Gasteiger charge is -2.36. The van der Waals surface area contributed by atoms with E-state index in [2.05, 4.69) is 10.2 Å². The summed E-state index contributed by atoms with van der Waals surface area (Å²) >= 11 is 7.48. The molecule has 216 valence electrons. The van der Waals surface area contributed by atoms with Gasteiger partial charge in [-0.25, -0.2) is 4.98 Å². The molecule has 4 aromatic carbocycles. The van der Waals surface area contributed by atoms with Gasteiger partial charge in [0.1, 0.15) is 5.69 Å². The first-order valence-corrected chi connectivity index (χ1v) is 15.3. The average molecular weight is 609 g/mol. The Morgan fingerprint density at radius 1 is 0.791 bits per heavy atom. The van der Waals surface area contributed by atoms with Crippen molar-refractivity contribution in [3.8, 4) is 22.6 Å². The van der Waals surface area contributed by atoms with Gasteiger partial charge in [0, 0.05) is 48.7 Å². The van der Waals surface area contributed by atoms with Crippen molar-refractivity contribution in [2.45, 2.75) is 5.22 Å². The molecule has 5 aromatic rings. The van der Waals surface area contributed by atoms with Crippen LogP contribution in [0, 0.1) is 0 Å². The summed E-state index contributed by atoms with van der Waals surface area (Å²) in [4.78, 5) is 34.4. The molecular weight excluding hydrogens is 580 g/mol. The van der Waals surface area contributed by atoms with Gasteiger partial charge in [-0.2, -0.15) is 0 Å². The number of hydrogen-bond donors (Lipinski definition) is 1. The second kappa shape index (κ2) is 13.2. The van der Waals surface area contributed by atoms with Crippen LogP contribution < -0.4 is 10.2 Å². The number of oxazole rings is 1. The van der Waals surface area contributed by atoms with Crippen LogP contribution in [0.25, 0.3) is 22.6 Å². The van der Waals surface area contributed by atoms with Gasteiger partial charge in [0.05, 0.1) is 16.3 Å². The van der Waals surface area contributed by atoms with Crippen LogP contribution >= 0.6 is 23.4 Å². The number of carbonyl (C=O) groups is 2. The predicted molar refractivity (Wildman–Crippen MR) is 173 cm³/mol. The van der Waals surface area contributed by atoms with Crippen molar-refractivity contribution in [2.75, 3.05) is 42.1 Å². The monoisotopic (exact) mass is 608 g/mol. The van der Waals surface area contributed by atoms with Crippen LogP contribution in [0.2, 0.25) is 5.02 Å². The average Bonchev–Trinajstić information content (AvgIpc) is 3.50. The summed E-state index contributed by atoms with van der Waals surface area (Å²) in [6.45, 7) is 2.65. The number of rotatable bonds is 8. The standard InChI is InChI=1S/C34H29ClN4O3S/c35-29-14-8-7-13-28(29)33(41)39-21-19-38(20-22-39)27-17-15-26(16-18-27)36-30(40)23-43-34-37-31(24-9-3-1-4-10-24)32(42-34)25-11-5-2-6-12-25/h1-18H,19-23H2,(H,36,40). The van der Waals surface area contributed by atoms with Gasteiger partial charge in [-0.3, -0.25) is 9.59 Å². The second-order valence-electron chi connectivity index (χ2n) is 10.0. The predicted octanol–water partition coefficient (Wildman–Crippen LogP) is 7.36. The van der Waals surface area contributed by atoms with Crippen molar-refractivity contribution in [3.05, 3.63) is 120 Å². The number of carbonyl (C=O) groups excluding carboxylic acids is 2. The number of piperazine rings is 1. The molecule has 1 fully saturated rings. The number of benzene rings is 4. The van der Waals surface area contributed by atoms with E-state index >= 15 is 0 Å². The fourth-order valence-corrected chi connectivity index (χ4v) is 5.83. The van der Waals surface area contributed by atoms with Gasteiger partial charge in [-0.1, -0.05) is 96.2 Å². The zero-order valence-corrected chi connectivity index (χ0v) is 24.9. The van der Waals surface area contributed by atoms with E-state index < -0.39 is 0 Å². The number of nitrogens with one attached hydrogen (secondary N) is 1. The molecule has 1 aliphatic rings. The van der Waals surface area contributed by atoms with Crippen molar-refractivity contribution in [1.82, 2.24) is 9.88 Å². The number of halogens is 1. The molecule has 7 nitrogen and oxygen atoms in total. The van der Waals surface area contributed by atoms with Crippen LogP contribution in [0.1, 0.15) is 10.4 Å². The Kier molecular flexibility index (Phi) is 8.77. The highest BCUT2D eigenvalue weighted by atomic mass is 35.5. The summed E-state index contributed by atoms with van der Waals surface area (Å²) in [5, 5.41) is 3.87. The Morgan fingerprint density at radius 2 is 1.42 bits per heavy atom. The summed E-state index contributed by atoms with van der Waals surface area (Å²) in [5.41, 5.74) is 4.92. The number of nitrogens with zero attached hydrogens (tertiary/aromatic N) is 3. The highest BCUT2D eigenvalue weighted by molar-refractivity contribution is 7.99. The first-order valence-electron chi connectivity index (χ1n) is 14.0.